The van der Waals surface area contributed by atoms with Gasteiger partial charge < -0.3 is 10.8 Å². The van der Waals surface area contributed by atoms with Crippen molar-refractivity contribution in [3.8, 4) is 0 Å². The minimum Gasteiger partial charge on any atom is -0.395 e. The van der Waals surface area contributed by atoms with Gasteiger partial charge in [-0.25, -0.2) is 8.42 Å². The van der Waals surface area contributed by atoms with Crippen molar-refractivity contribution in [1.82, 2.24) is 9.21 Å². The van der Waals surface area contributed by atoms with Gasteiger partial charge in [0, 0.05) is 38.3 Å². The zero-order valence-corrected chi connectivity index (χ0v) is 12.9. The Hall–Kier alpha value is -0.210. The third kappa shape index (κ3) is 5.00. The minimum atomic E-state index is -3.11. The van der Waals surface area contributed by atoms with E-state index in [-0.39, 0.29) is 18.7 Å². The van der Waals surface area contributed by atoms with Crippen LogP contribution in [0.5, 0.6) is 0 Å². The summed E-state index contributed by atoms with van der Waals surface area (Å²) < 4.78 is 24.4. The summed E-state index contributed by atoms with van der Waals surface area (Å²) >= 11 is 0. The fourth-order valence-electron chi connectivity index (χ4n) is 2.59. The Balaban J connectivity index is 2.57. The van der Waals surface area contributed by atoms with Crippen LogP contribution < -0.4 is 5.73 Å². The highest BCUT2D eigenvalue weighted by Crippen LogP contribution is 2.15. The molecule has 0 bridgehead atoms. The molecule has 1 aliphatic heterocycles. The number of aliphatic hydroxyl groups excluding tert-OH is 1. The van der Waals surface area contributed by atoms with Crippen molar-refractivity contribution in [2.45, 2.75) is 32.4 Å². The first-order valence-corrected chi connectivity index (χ1v) is 8.66. The zero-order chi connectivity index (χ0) is 14.6. The predicted molar refractivity (Wildman–Crippen MR) is 76.3 cm³/mol. The van der Waals surface area contributed by atoms with E-state index in [2.05, 4.69) is 18.7 Å². The number of rotatable bonds is 6. The number of aliphatic hydroxyl groups is 1. The van der Waals surface area contributed by atoms with E-state index in [9.17, 15) is 13.5 Å². The second kappa shape index (κ2) is 6.99. The summed E-state index contributed by atoms with van der Waals surface area (Å²) in [7, 11) is -3.11. The molecule has 0 aromatic rings. The highest BCUT2D eigenvalue weighted by molar-refractivity contribution is 7.88. The molecule has 1 heterocycles. The largest absolute Gasteiger partial charge is 0.395 e. The molecule has 1 rings (SSSR count). The smallest absolute Gasteiger partial charge is 0.211 e. The Morgan fingerprint density at radius 2 is 1.74 bits per heavy atom. The molecular weight excluding hydrogens is 266 g/mol. The molecule has 1 fully saturated rings. The molecular formula is C12H27N3O3S. The van der Waals surface area contributed by atoms with Gasteiger partial charge in [-0.15, -0.1) is 0 Å². The molecule has 0 spiro atoms. The van der Waals surface area contributed by atoms with Gasteiger partial charge in [-0.2, -0.15) is 4.31 Å². The molecule has 19 heavy (non-hydrogen) atoms. The number of nitrogens with zero attached hydrogens (tertiary/aromatic N) is 2. The molecule has 114 valence electrons. The van der Waals surface area contributed by atoms with E-state index < -0.39 is 10.0 Å². The Labute approximate surface area is 116 Å². The second-order valence-corrected chi connectivity index (χ2v) is 7.72. The lowest BCUT2D eigenvalue weighted by Gasteiger charge is -2.40. The first-order valence-electron chi connectivity index (χ1n) is 6.81. The summed E-state index contributed by atoms with van der Waals surface area (Å²) in [4.78, 5) is 2.11. The molecule has 3 N–H and O–H groups in total. The SMILES string of the molecule is CC(C)CC(N)C(CO)N1CCN(S(C)(=O)=O)CC1. The van der Waals surface area contributed by atoms with Gasteiger partial charge in [-0.1, -0.05) is 13.8 Å². The van der Waals surface area contributed by atoms with Crippen molar-refractivity contribution in [2.24, 2.45) is 11.7 Å². The molecule has 0 aliphatic carbocycles. The Kier molecular flexibility index (Phi) is 6.19. The normalized spacial score (nSPS) is 22.6. The Bertz CT molecular complexity index is 364. The fourth-order valence-corrected chi connectivity index (χ4v) is 3.42. The molecule has 6 nitrogen and oxygen atoms in total. The maximum absolute atomic E-state index is 11.4. The van der Waals surface area contributed by atoms with Crippen LogP contribution >= 0.6 is 0 Å². The molecule has 2 atom stereocenters. The summed E-state index contributed by atoms with van der Waals surface area (Å²) in [6.07, 6.45) is 2.09. The molecule has 0 aromatic carbocycles. The standard InChI is InChI=1S/C12H27N3O3S/c1-10(2)8-11(13)12(9-16)14-4-6-15(7-5-14)19(3,17)18/h10-12,16H,4-9,13H2,1-3H3. The van der Waals surface area contributed by atoms with E-state index in [0.29, 0.717) is 32.1 Å². The van der Waals surface area contributed by atoms with Gasteiger partial charge in [-0.3, -0.25) is 4.90 Å². The fraction of sp³-hybridized carbons (Fsp3) is 1.00. The zero-order valence-electron chi connectivity index (χ0n) is 12.1. The molecule has 0 radical (unpaired) electrons. The van der Waals surface area contributed by atoms with Crippen LogP contribution in [-0.4, -0.2) is 73.9 Å². The van der Waals surface area contributed by atoms with Gasteiger partial charge in [0.15, 0.2) is 0 Å². The summed E-state index contributed by atoms with van der Waals surface area (Å²) in [5, 5.41) is 9.53. The third-order valence-corrected chi connectivity index (χ3v) is 4.94. The van der Waals surface area contributed by atoms with Crippen LogP contribution in [0.4, 0.5) is 0 Å². The topological polar surface area (TPSA) is 86.9 Å². The Morgan fingerprint density at radius 3 is 2.11 bits per heavy atom. The number of sulfonamides is 1. The van der Waals surface area contributed by atoms with E-state index in [0.717, 1.165) is 6.42 Å². The van der Waals surface area contributed by atoms with Gasteiger partial charge in [0.25, 0.3) is 0 Å². The van der Waals surface area contributed by atoms with Crippen LogP contribution in [0.1, 0.15) is 20.3 Å². The number of hydrogen-bond donors (Lipinski definition) is 2. The van der Waals surface area contributed by atoms with Crippen molar-refractivity contribution in [3.05, 3.63) is 0 Å². The third-order valence-electron chi connectivity index (χ3n) is 3.64. The summed E-state index contributed by atoms with van der Waals surface area (Å²) in [6.45, 7) is 6.44. The van der Waals surface area contributed by atoms with Gasteiger partial charge in [0.2, 0.25) is 10.0 Å². The Morgan fingerprint density at radius 1 is 1.21 bits per heavy atom. The maximum Gasteiger partial charge on any atom is 0.211 e. The number of nitrogens with two attached hydrogens (primary N) is 1. The molecule has 0 saturated carbocycles. The van der Waals surface area contributed by atoms with Crippen molar-refractivity contribution in [1.29, 1.82) is 0 Å². The summed E-state index contributed by atoms with van der Waals surface area (Å²) in [5.41, 5.74) is 6.15. The van der Waals surface area contributed by atoms with Crippen molar-refractivity contribution >= 4 is 10.0 Å². The van der Waals surface area contributed by atoms with E-state index in [1.807, 2.05) is 0 Å². The lowest BCUT2D eigenvalue weighted by molar-refractivity contribution is 0.0710. The molecule has 1 aliphatic rings. The monoisotopic (exact) mass is 293 g/mol. The second-order valence-electron chi connectivity index (χ2n) is 5.74. The molecule has 1 saturated heterocycles. The van der Waals surface area contributed by atoms with Crippen molar-refractivity contribution < 1.29 is 13.5 Å². The van der Waals surface area contributed by atoms with Crippen LogP contribution in [0, 0.1) is 5.92 Å². The van der Waals surface area contributed by atoms with Crippen LogP contribution in [0.3, 0.4) is 0 Å². The average Bonchev–Trinajstić information content (AvgIpc) is 2.28. The average molecular weight is 293 g/mol. The van der Waals surface area contributed by atoms with Crippen molar-refractivity contribution in [3.63, 3.8) is 0 Å². The highest BCUT2D eigenvalue weighted by atomic mass is 32.2. The summed E-state index contributed by atoms with van der Waals surface area (Å²) in [6, 6.07) is -0.154. The van der Waals surface area contributed by atoms with Crippen LogP contribution in [-0.2, 0) is 10.0 Å². The lowest BCUT2D eigenvalue weighted by atomic mass is 9.97. The van der Waals surface area contributed by atoms with Gasteiger partial charge in [-0.05, 0) is 12.3 Å². The summed E-state index contributed by atoms with van der Waals surface area (Å²) in [5.74, 6) is 0.487. The molecule has 0 amide bonds. The van der Waals surface area contributed by atoms with Gasteiger partial charge >= 0.3 is 0 Å². The van der Waals surface area contributed by atoms with E-state index in [4.69, 9.17) is 5.73 Å². The maximum atomic E-state index is 11.4. The lowest BCUT2D eigenvalue weighted by Crippen LogP contribution is -2.57. The number of hydrogen-bond acceptors (Lipinski definition) is 5. The highest BCUT2D eigenvalue weighted by Gasteiger charge is 2.30. The molecule has 2 unspecified atom stereocenters. The molecule has 7 heteroatoms. The van der Waals surface area contributed by atoms with Crippen molar-refractivity contribution in [2.75, 3.05) is 39.0 Å². The van der Waals surface area contributed by atoms with Crippen LogP contribution in [0.25, 0.3) is 0 Å². The van der Waals surface area contributed by atoms with Gasteiger partial charge in [0.1, 0.15) is 0 Å². The van der Waals surface area contributed by atoms with Gasteiger partial charge in [0.05, 0.1) is 12.9 Å². The van der Waals surface area contributed by atoms with E-state index in [1.165, 1.54) is 10.6 Å². The molecule has 0 aromatic heterocycles. The van der Waals surface area contributed by atoms with E-state index >= 15 is 0 Å². The predicted octanol–water partition coefficient (Wildman–Crippen LogP) is -0.702. The quantitative estimate of drug-likeness (QED) is 0.676. The van der Waals surface area contributed by atoms with Crippen LogP contribution in [0.2, 0.25) is 0 Å². The van der Waals surface area contributed by atoms with E-state index in [1.54, 1.807) is 0 Å². The van der Waals surface area contributed by atoms with Crippen LogP contribution in [0.15, 0.2) is 0 Å². The first-order chi connectivity index (χ1) is 8.75. The number of piperazine rings is 1. The minimum absolute atomic E-state index is 0.0206. The first kappa shape index (κ1) is 16.8.